The summed E-state index contributed by atoms with van der Waals surface area (Å²) < 4.78 is 11.8. The molecular weight excluding hydrogens is 302 g/mol. The molecule has 1 aromatic rings. The van der Waals surface area contributed by atoms with Crippen molar-refractivity contribution in [2.45, 2.75) is 19.5 Å². The summed E-state index contributed by atoms with van der Waals surface area (Å²) in [4.78, 5) is 10.7. The van der Waals surface area contributed by atoms with Gasteiger partial charge in [-0.3, -0.25) is 4.79 Å². The minimum absolute atomic E-state index is 0.461. The number of ether oxygens (including phenoxy) is 2. The molecule has 0 saturated heterocycles. The maximum absolute atomic E-state index is 10.7. The summed E-state index contributed by atoms with van der Waals surface area (Å²) >= 11 is 3.42. The van der Waals surface area contributed by atoms with Gasteiger partial charge >= 0.3 is 5.97 Å². The second kappa shape index (κ2) is 5.58. The Balaban J connectivity index is 2.10. The molecule has 1 aromatic carbocycles. The number of aliphatic carboxylic acids is 1. The number of rotatable bonds is 4. The molecule has 1 atom stereocenters. The monoisotopic (exact) mass is 315 g/mol. The first-order valence-electron chi connectivity index (χ1n) is 5.62. The Hall–Kier alpha value is -1.27. The van der Waals surface area contributed by atoms with Gasteiger partial charge in [-0.2, -0.15) is 0 Å². The summed E-state index contributed by atoms with van der Waals surface area (Å²) in [6.45, 7) is 3.14. The second-order valence-corrected chi connectivity index (χ2v) is 4.90. The van der Waals surface area contributed by atoms with Crippen LogP contribution in [0.25, 0.3) is 0 Å². The van der Waals surface area contributed by atoms with Gasteiger partial charge in [0.25, 0.3) is 0 Å². The van der Waals surface area contributed by atoms with E-state index in [1.165, 1.54) is 0 Å². The van der Waals surface area contributed by atoms with Gasteiger partial charge in [0.15, 0.2) is 11.5 Å². The molecule has 18 heavy (non-hydrogen) atoms. The van der Waals surface area contributed by atoms with Crippen molar-refractivity contribution in [3.63, 3.8) is 0 Å². The number of carbonyl (C=O) groups is 1. The second-order valence-electron chi connectivity index (χ2n) is 4.04. The zero-order chi connectivity index (χ0) is 13.1. The van der Waals surface area contributed by atoms with Crippen LogP contribution in [0.3, 0.4) is 0 Å². The molecule has 6 heteroatoms. The molecule has 0 aromatic heterocycles. The van der Waals surface area contributed by atoms with Crippen molar-refractivity contribution in [2.24, 2.45) is 0 Å². The van der Waals surface area contributed by atoms with E-state index in [1.807, 2.05) is 12.1 Å². The Labute approximate surface area is 113 Å². The summed E-state index contributed by atoms with van der Waals surface area (Å²) in [5, 5.41) is 11.7. The van der Waals surface area contributed by atoms with Crippen LogP contribution in [0.4, 0.5) is 0 Å². The highest BCUT2D eigenvalue weighted by atomic mass is 79.9. The maximum Gasteiger partial charge on any atom is 0.320 e. The Kier molecular flexibility index (Phi) is 4.08. The topological polar surface area (TPSA) is 67.8 Å². The van der Waals surface area contributed by atoms with Crippen molar-refractivity contribution in [1.82, 2.24) is 5.32 Å². The van der Waals surface area contributed by atoms with Crippen molar-refractivity contribution in [3.8, 4) is 11.5 Å². The molecule has 0 amide bonds. The van der Waals surface area contributed by atoms with Gasteiger partial charge in [-0.1, -0.05) is 0 Å². The lowest BCUT2D eigenvalue weighted by Gasteiger charge is -2.20. The molecule has 1 unspecified atom stereocenters. The highest BCUT2D eigenvalue weighted by Gasteiger charge is 2.17. The molecule has 2 N–H and O–H groups in total. The first-order valence-corrected chi connectivity index (χ1v) is 6.41. The molecule has 1 aliphatic rings. The Morgan fingerprint density at radius 1 is 1.50 bits per heavy atom. The van der Waals surface area contributed by atoms with Crippen LogP contribution in [-0.4, -0.2) is 30.3 Å². The van der Waals surface area contributed by atoms with Crippen molar-refractivity contribution >= 4 is 21.9 Å². The number of fused-ring (bicyclic) bond motifs is 1. The normalized spacial score (nSPS) is 15.2. The first-order chi connectivity index (χ1) is 8.58. The van der Waals surface area contributed by atoms with Gasteiger partial charge in [-0.05, 0) is 40.5 Å². The van der Waals surface area contributed by atoms with Crippen LogP contribution in [-0.2, 0) is 11.3 Å². The lowest BCUT2D eigenvalue weighted by molar-refractivity contribution is -0.139. The van der Waals surface area contributed by atoms with E-state index >= 15 is 0 Å². The van der Waals surface area contributed by atoms with E-state index < -0.39 is 12.0 Å². The standard InChI is InChI=1S/C12H14BrNO4/c1-7(12(15)16)14-6-8-4-9(13)11-10(5-8)17-2-3-18-11/h4-5,7,14H,2-3,6H2,1H3,(H,15,16). The third-order valence-corrected chi connectivity index (χ3v) is 3.23. The maximum atomic E-state index is 10.7. The van der Waals surface area contributed by atoms with Gasteiger partial charge in [0.2, 0.25) is 0 Å². The van der Waals surface area contributed by atoms with Crippen LogP contribution in [0.1, 0.15) is 12.5 Å². The lowest BCUT2D eigenvalue weighted by Crippen LogP contribution is -2.33. The van der Waals surface area contributed by atoms with E-state index in [0.29, 0.717) is 31.3 Å². The fraction of sp³-hybridized carbons (Fsp3) is 0.417. The number of hydrogen-bond donors (Lipinski definition) is 2. The van der Waals surface area contributed by atoms with Gasteiger partial charge in [-0.25, -0.2) is 0 Å². The molecule has 0 bridgehead atoms. The molecule has 98 valence electrons. The lowest BCUT2D eigenvalue weighted by atomic mass is 10.2. The minimum atomic E-state index is -0.869. The number of benzene rings is 1. The third kappa shape index (κ3) is 2.94. The van der Waals surface area contributed by atoms with E-state index in [4.69, 9.17) is 14.6 Å². The molecule has 5 nitrogen and oxygen atoms in total. The molecule has 0 saturated carbocycles. The van der Waals surface area contributed by atoms with E-state index in [0.717, 1.165) is 10.0 Å². The summed E-state index contributed by atoms with van der Waals surface area (Å²) in [6.07, 6.45) is 0. The van der Waals surface area contributed by atoms with Gasteiger partial charge in [0.1, 0.15) is 19.3 Å². The summed E-state index contributed by atoms with van der Waals surface area (Å²) in [7, 11) is 0. The third-order valence-electron chi connectivity index (χ3n) is 2.64. The minimum Gasteiger partial charge on any atom is -0.486 e. The summed E-state index contributed by atoms with van der Waals surface area (Å²) in [5.41, 5.74) is 0.944. The molecule has 0 aliphatic carbocycles. The Morgan fingerprint density at radius 2 is 2.22 bits per heavy atom. The van der Waals surface area contributed by atoms with Gasteiger partial charge in [0.05, 0.1) is 4.47 Å². The largest absolute Gasteiger partial charge is 0.486 e. The molecule has 0 radical (unpaired) electrons. The fourth-order valence-electron chi connectivity index (χ4n) is 1.62. The highest BCUT2D eigenvalue weighted by Crippen LogP contribution is 2.38. The molecule has 0 fully saturated rings. The van der Waals surface area contributed by atoms with Gasteiger partial charge < -0.3 is 19.9 Å². The van der Waals surface area contributed by atoms with Crippen molar-refractivity contribution < 1.29 is 19.4 Å². The zero-order valence-electron chi connectivity index (χ0n) is 9.90. The average Bonchev–Trinajstić information content (AvgIpc) is 2.36. The number of carboxylic acids is 1. The van der Waals surface area contributed by atoms with E-state index in [2.05, 4.69) is 21.2 Å². The number of nitrogens with one attached hydrogen (secondary N) is 1. The number of halogens is 1. The van der Waals surface area contributed by atoms with E-state index in [1.54, 1.807) is 6.92 Å². The smallest absolute Gasteiger partial charge is 0.320 e. The van der Waals surface area contributed by atoms with Crippen LogP contribution in [0.15, 0.2) is 16.6 Å². The number of hydrogen-bond acceptors (Lipinski definition) is 4. The van der Waals surface area contributed by atoms with E-state index in [9.17, 15) is 4.79 Å². The van der Waals surface area contributed by atoms with Gasteiger partial charge in [-0.15, -0.1) is 0 Å². The predicted molar refractivity (Wildman–Crippen MR) is 69.1 cm³/mol. The predicted octanol–water partition coefficient (Wildman–Crippen LogP) is 1.78. The molecule has 1 heterocycles. The van der Waals surface area contributed by atoms with Crippen LogP contribution < -0.4 is 14.8 Å². The average molecular weight is 316 g/mol. The first kappa shape index (κ1) is 13.2. The molecule has 1 aliphatic heterocycles. The van der Waals surface area contributed by atoms with Crippen LogP contribution in [0.2, 0.25) is 0 Å². The molecular formula is C12H14BrNO4. The fourth-order valence-corrected chi connectivity index (χ4v) is 2.23. The Morgan fingerprint density at radius 3 is 2.94 bits per heavy atom. The van der Waals surface area contributed by atoms with Crippen molar-refractivity contribution in [2.75, 3.05) is 13.2 Å². The van der Waals surface area contributed by atoms with Crippen molar-refractivity contribution in [1.29, 1.82) is 0 Å². The van der Waals surface area contributed by atoms with E-state index in [-0.39, 0.29) is 0 Å². The van der Waals surface area contributed by atoms with Gasteiger partial charge in [0, 0.05) is 6.54 Å². The van der Waals surface area contributed by atoms with Crippen LogP contribution in [0.5, 0.6) is 11.5 Å². The quantitative estimate of drug-likeness (QED) is 0.886. The van der Waals surface area contributed by atoms with Crippen LogP contribution in [0, 0.1) is 0 Å². The Bertz CT molecular complexity index is 464. The van der Waals surface area contributed by atoms with Crippen molar-refractivity contribution in [3.05, 3.63) is 22.2 Å². The number of carboxylic acid groups (broad SMARTS) is 1. The SMILES string of the molecule is CC(NCc1cc(Br)c2c(c1)OCCO2)C(=O)O. The van der Waals surface area contributed by atoms with Crippen LogP contribution >= 0.6 is 15.9 Å². The summed E-state index contributed by atoms with van der Waals surface area (Å²) in [5.74, 6) is 0.526. The zero-order valence-corrected chi connectivity index (χ0v) is 11.5. The highest BCUT2D eigenvalue weighted by molar-refractivity contribution is 9.10. The molecule has 2 rings (SSSR count). The summed E-state index contributed by atoms with van der Waals surface area (Å²) in [6, 6.07) is 3.17. The molecule has 0 spiro atoms.